The highest BCUT2D eigenvalue weighted by Crippen LogP contribution is 2.42. The van der Waals surface area contributed by atoms with Gasteiger partial charge in [0.15, 0.2) is 0 Å². The summed E-state index contributed by atoms with van der Waals surface area (Å²) in [6.45, 7) is 15.5. The molecule has 2 N–H and O–H groups in total. The summed E-state index contributed by atoms with van der Waals surface area (Å²) >= 11 is 0. The van der Waals surface area contributed by atoms with Crippen molar-refractivity contribution in [3.63, 3.8) is 0 Å². The number of hydrogen-bond acceptors (Lipinski definition) is 2. The molecule has 106 valence electrons. The van der Waals surface area contributed by atoms with Gasteiger partial charge in [-0.15, -0.1) is 0 Å². The van der Waals surface area contributed by atoms with E-state index in [0.29, 0.717) is 29.0 Å². The molecular formula is C16H32N2. The van der Waals surface area contributed by atoms with E-state index in [9.17, 15) is 0 Å². The molecule has 3 aliphatic heterocycles. The van der Waals surface area contributed by atoms with E-state index in [4.69, 9.17) is 0 Å². The molecule has 2 nitrogen and oxygen atoms in total. The molecular weight excluding hydrogens is 220 g/mol. The zero-order valence-electron chi connectivity index (χ0n) is 13.1. The number of hydrogen-bond donors (Lipinski definition) is 2. The van der Waals surface area contributed by atoms with Crippen LogP contribution < -0.4 is 10.6 Å². The van der Waals surface area contributed by atoms with Gasteiger partial charge in [0.25, 0.3) is 0 Å². The number of nitrogens with one attached hydrogen (secondary N) is 2. The van der Waals surface area contributed by atoms with Crippen molar-refractivity contribution >= 4 is 0 Å². The monoisotopic (exact) mass is 252 g/mol. The van der Waals surface area contributed by atoms with Gasteiger partial charge in [-0.05, 0) is 50.9 Å². The maximum absolute atomic E-state index is 3.95. The first kappa shape index (κ1) is 14.3. The molecule has 0 aromatic carbocycles. The Balaban J connectivity index is 2.27. The van der Waals surface area contributed by atoms with E-state index in [1.807, 2.05) is 0 Å². The lowest BCUT2D eigenvalue weighted by molar-refractivity contribution is 0.0297. The molecule has 0 saturated carbocycles. The fourth-order valence-electron chi connectivity index (χ4n) is 3.82. The Morgan fingerprint density at radius 3 is 2.22 bits per heavy atom. The van der Waals surface area contributed by atoms with Gasteiger partial charge in [0.1, 0.15) is 0 Å². The summed E-state index contributed by atoms with van der Waals surface area (Å²) in [7, 11) is 0. The predicted octanol–water partition coefficient (Wildman–Crippen LogP) is 3.18. The molecule has 3 rings (SSSR count). The Bertz CT molecular complexity index is 299. The molecule has 3 fully saturated rings. The lowest BCUT2D eigenvalue weighted by Gasteiger charge is -2.55. The minimum Gasteiger partial charge on any atom is -0.310 e. The van der Waals surface area contributed by atoms with Crippen LogP contribution in [0.25, 0.3) is 0 Å². The van der Waals surface area contributed by atoms with Gasteiger partial charge in [0.2, 0.25) is 0 Å². The van der Waals surface area contributed by atoms with Crippen molar-refractivity contribution in [3.05, 3.63) is 0 Å². The highest BCUT2D eigenvalue weighted by atomic mass is 15.1. The molecule has 2 bridgehead atoms. The second-order valence-electron chi connectivity index (χ2n) is 7.71. The van der Waals surface area contributed by atoms with Crippen molar-refractivity contribution in [1.29, 1.82) is 0 Å². The summed E-state index contributed by atoms with van der Waals surface area (Å²) in [4.78, 5) is 0. The molecule has 3 aliphatic rings. The molecule has 2 heteroatoms. The summed E-state index contributed by atoms with van der Waals surface area (Å²) < 4.78 is 0. The lowest BCUT2D eigenvalue weighted by Crippen LogP contribution is -2.68. The normalized spacial score (nSPS) is 45.3. The second-order valence-corrected chi connectivity index (χ2v) is 7.71. The van der Waals surface area contributed by atoms with Crippen molar-refractivity contribution in [2.24, 2.45) is 17.8 Å². The van der Waals surface area contributed by atoms with Crippen LogP contribution in [0, 0.1) is 17.8 Å². The van der Waals surface area contributed by atoms with Crippen molar-refractivity contribution in [3.8, 4) is 0 Å². The summed E-state index contributed by atoms with van der Waals surface area (Å²) in [6, 6.07) is 0.659. The van der Waals surface area contributed by atoms with Crippen molar-refractivity contribution in [2.45, 2.75) is 77.9 Å². The molecule has 3 heterocycles. The number of piperidine rings is 1. The topological polar surface area (TPSA) is 24.1 Å². The highest BCUT2D eigenvalue weighted by Gasteiger charge is 2.47. The maximum Gasteiger partial charge on any atom is 0.0208 e. The second kappa shape index (κ2) is 4.79. The molecule has 0 aromatic rings. The quantitative estimate of drug-likeness (QED) is 0.789. The third-order valence-electron chi connectivity index (χ3n) is 6.12. The van der Waals surface area contributed by atoms with Crippen LogP contribution in [-0.2, 0) is 0 Å². The Kier molecular flexibility index (Phi) is 3.81. The zero-order chi connectivity index (χ0) is 13.6. The first-order valence-electron chi connectivity index (χ1n) is 7.80. The van der Waals surface area contributed by atoms with E-state index in [2.05, 4.69) is 52.2 Å². The van der Waals surface area contributed by atoms with Crippen LogP contribution >= 0.6 is 0 Å². The van der Waals surface area contributed by atoms with Gasteiger partial charge in [-0.2, -0.15) is 0 Å². The van der Waals surface area contributed by atoms with Crippen LogP contribution in [0.2, 0.25) is 0 Å². The van der Waals surface area contributed by atoms with Gasteiger partial charge in [-0.25, -0.2) is 0 Å². The standard InChI is InChI=1S/C16H32N2/c1-11(2)15(5)9-13-7-8-14(10-17-15)18-16(13,6)12(3)4/h11-14,17-18H,7-10H2,1-6H3. The zero-order valence-corrected chi connectivity index (χ0v) is 13.1. The average molecular weight is 252 g/mol. The summed E-state index contributed by atoms with van der Waals surface area (Å²) in [5.41, 5.74) is 0.628. The van der Waals surface area contributed by atoms with Crippen LogP contribution in [0.1, 0.15) is 60.8 Å². The van der Waals surface area contributed by atoms with E-state index in [0.717, 1.165) is 12.5 Å². The minimum atomic E-state index is 0.307. The van der Waals surface area contributed by atoms with E-state index in [1.165, 1.54) is 19.3 Å². The van der Waals surface area contributed by atoms with E-state index in [1.54, 1.807) is 0 Å². The van der Waals surface area contributed by atoms with Crippen molar-refractivity contribution < 1.29 is 0 Å². The Hall–Kier alpha value is -0.0800. The Morgan fingerprint density at radius 1 is 1.00 bits per heavy atom. The molecule has 0 radical (unpaired) electrons. The molecule has 0 amide bonds. The fourth-order valence-corrected chi connectivity index (χ4v) is 3.82. The highest BCUT2D eigenvalue weighted by molar-refractivity contribution is 5.06. The van der Waals surface area contributed by atoms with Crippen molar-refractivity contribution in [2.75, 3.05) is 6.54 Å². The largest absolute Gasteiger partial charge is 0.310 e. The Labute approximate surface area is 113 Å². The molecule has 4 atom stereocenters. The lowest BCUT2D eigenvalue weighted by atomic mass is 9.64. The van der Waals surface area contributed by atoms with Gasteiger partial charge in [0, 0.05) is 23.7 Å². The smallest absolute Gasteiger partial charge is 0.0208 e. The first-order valence-corrected chi connectivity index (χ1v) is 7.80. The van der Waals surface area contributed by atoms with E-state index in [-0.39, 0.29) is 0 Å². The number of fused-ring (bicyclic) bond motifs is 5. The molecule has 3 saturated heterocycles. The molecule has 0 aromatic heterocycles. The molecule has 18 heavy (non-hydrogen) atoms. The Morgan fingerprint density at radius 2 is 1.67 bits per heavy atom. The van der Waals surface area contributed by atoms with Gasteiger partial charge in [0.05, 0.1) is 0 Å². The maximum atomic E-state index is 3.95. The molecule has 0 spiro atoms. The van der Waals surface area contributed by atoms with Crippen LogP contribution in [0.15, 0.2) is 0 Å². The molecule has 0 aliphatic carbocycles. The van der Waals surface area contributed by atoms with E-state index < -0.39 is 0 Å². The third kappa shape index (κ3) is 2.34. The number of rotatable bonds is 2. The van der Waals surface area contributed by atoms with Crippen LogP contribution in [0.3, 0.4) is 0 Å². The van der Waals surface area contributed by atoms with Crippen LogP contribution in [-0.4, -0.2) is 23.7 Å². The van der Waals surface area contributed by atoms with Gasteiger partial charge in [-0.1, -0.05) is 27.7 Å². The summed E-state index contributed by atoms with van der Waals surface area (Å²) in [5.74, 6) is 2.21. The SMILES string of the molecule is CC(C)C1(C)CC2CCC(CN1)NC2(C)C(C)C. The first-order chi connectivity index (χ1) is 8.28. The van der Waals surface area contributed by atoms with Gasteiger partial charge >= 0.3 is 0 Å². The van der Waals surface area contributed by atoms with Crippen LogP contribution in [0.5, 0.6) is 0 Å². The van der Waals surface area contributed by atoms with Gasteiger partial charge in [-0.3, -0.25) is 0 Å². The summed E-state index contributed by atoms with van der Waals surface area (Å²) in [6.07, 6.45) is 4.05. The average Bonchev–Trinajstić information content (AvgIpc) is 2.26. The summed E-state index contributed by atoms with van der Waals surface area (Å²) in [5, 5.41) is 7.79. The van der Waals surface area contributed by atoms with Gasteiger partial charge < -0.3 is 10.6 Å². The van der Waals surface area contributed by atoms with Crippen molar-refractivity contribution in [1.82, 2.24) is 10.6 Å². The minimum absolute atomic E-state index is 0.307. The molecule has 4 unspecified atom stereocenters. The third-order valence-corrected chi connectivity index (χ3v) is 6.12. The van der Waals surface area contributed by atoms with Crippen LogP contribution in [0.4, 0.5) is 0 Å². The predicted molar refractivity (Wildman–Crippen MR) is 78.8 cm³/mol. The van der Waals surface area contributed by atoms with E-state index >= 15 is 0 Å². The fraction of sp³-hybridized carbons (Fsp3) is 1.00.